The third kappa shape index (κ3) is 1.04. The van der Waals surface area contributed by atoms with Crippen molar-refractivity contribution in [3.63, 3.8) is 0 Å². The van der Waals surface area contributed by atoms with Crippen molar-refractivity contribution in [2.75, 3.05) is 6.54 Å². The second-order valence-electron chi connectivity index (χ2n) is 2.79. The van der Waals surface area contributed by atoms with Gasteiger partial charge >= 0.3 is 0 Å². The van der Waals surface area contributed by atoms with E-state index in [0.717, 1.165) is 4.90 Å². The summed E-state index contributed by atoms with van der Waals surface area (Å²) in [5, 5.41) is 0. The molecule has 0 bridgehead atoms. The molecular formula is C8H13NO2. The summed E-state index contributed by atoms with van der Waals surface area (Å²) in [7, 11) is 0. The summed E-state index contributed by atoms with van der Waals surface area (Å²) in [4.78, 5) is 23.9. The highest BCUT2D eigenvalue weighted by molar-refractivity contribution is 6.04. The Morgan fingerprint density at radius 2 is 2.00 bits per heavy atom. The quantitative estimate of drug-likeness (QED) is 0.523. The molecule has 3 heteroatoms. The van der Waals surface area contributed by atoms with Crippen molar-refractivity contribution in [3.8, 4) is 0 Å². The van der Waals surface area contributed by atoms with Crippen LogP contribution in [0.15, 0.2) is 0 Å². The van der Waals surface area contributed by atoms with E-state index < -0.39 is 11.8 Å². The van der Waals surface area contributed by atoms with Crippen LogP contribution in [-0.4, -0.2) is 23.3 Å². The standard InChI is InChI=1S/C8H13NO2/c1-4-9-7(10)5(2)6(3)8(9)11/h5-6H,4H2,1-3H3/t5-,6+/i5D/m0/s1. The van der Waals surface area contributed by atoms with Gasteiger partial charge < -0.3 is 0 Å². The monoisotopic (exact) mass is 156 g/mol. The predicted octanol–water partition coefficient (Wildman–Crippen LogP) is 0.647. The largest absolute Gasteiger partial charge is 0.282 e. The Bertz CT molecular complexity index is 237. The maximum Gasteiger partial charge on any atom is 0.232 e. The topological polar surface area (TPSA) is 37.4 Å². The molecule has 11 heavy (non-hydrogen) atoms. The van der Waals surface area contributed by atoms with Gasteiger partial charge in [-0.3, -0.25) is 14.5 Å². The molecule has 2 amide bonds. The van der Waals surface area contributed by atoms with Crippen LogP contribution >= 0.6 is 0 Å². The zero-order chi connectivity index (χ0) is 9.52. The fraction of sp³-hybridized carbons (Fsp3) is 0.750. The van der Waals surface area contributed by atoms with Gasteiger partial charge in [-0.2, -0.15) is 0 Å². The molecule has 62 valence electrons. The number of rotatable bonds is 1. The van der Waals surface area contributed by atoms with Crippen LogP contribution in [0.5, 0.6) is 0 Å². The minimum absolute atomic E-state index is 0.222. The third-order valence-electron chi connectivity index (χ3n) is 2.18. The Balaban J connectivity index is 3.02. The van der Waals surface area contributed by atoms with Gasteiger partial charge in [0.25, 0.3) is 0 Å². The molecule has 0 N–H and O–H groups in total. The molecular weight excluding hydrogens is 142 g/mol. The van der Waals surface area contributed by atoms with E-state index in [2.05, 4.69) is 0 Å². The first-order chi connectivity index (χ1) is 5.42. The number of amides is 2. The number of imide groups is 1. The predicted molar refractivity (Wildman–Crippen MR) is 40.7 cm³/mol. The van der Waals surface area contributed by atoms with E-state index in [1.165, 1.54) is 6.92 Å². The van der Waals surface area contributed by atoms with Crippen LogP contribution in [0.2, 0.25) is 0 Å². The Kier molecular flexibility index (Phi) is 1.64. The molecule has 1 rings (SSSR count). The summed E-state index contributed by atoms with van der Waals surface area (Å²) in [5.74, 6) is -2.36. The number of likely N-dealkylation sites (tertiary alicyclic amines) is 1. The van der Waals surface area contributed by atoms with Gasteiger partial charge in [0.15, 0.2) is 0 Å². The van der Waals surface area contributed by atoms with Gasteiger partial charge in [0.05, 0.1) is 0 Å². The van der Waals surface area contributed by atoms with E-state index in [9.17, 15) is 9.59 Å². The second kappa shape index (κ2) is 2.64. The van der Waals surface area contributed by atoms with Gasteiger partial charge in [-0.25, -0.2) is 0 Å². The summed E-state index contributed by atoms with van der Waals surface area (Å²) in [5.41, 5.74) is 0. The van der Waals surface area contributed by atoms with Crippen LogP contribution in [0.4, 0.5) is 0 Å². The summed E-state index contributed by atoms with van der Waals surface area (Å²) in [6.45, 7) is 5.23. The van der Waals surface area contributed by atoms with E-state index in [0.29, 0.717) is 6.54 Å². The number of carbonyl (C=O) groups is 2. The fourth-order valence-corrected chi connectivity index (χ4v) is 1.22. The highest BCUT2D eigenvalue weighted by Crippen LogP contribution is 2.24. The summed E-state index contributed by atoms with van der Waals surface area (Å²) < 4.78 is 7.65. The van der Waals surface area contributed by atoms with Crippen molar-refractivity contribution in [2.24, 2.45) is 11.8 Å². The van der Waals surface area contributed by atoms with Crippen molar-refractivity contribution in [3.05, 3.63) is 0 Å². The van der Waals surface area contributed by atoms with Crippen molar-refractivity contribution >= 4 is 11.8 Å². The number of nitrogens with zero attached hydrogens (tertiary/aromatic N) is 1. The Hall–Kier alpha value is -0.860. The zero-order valence-corrected chi connectivity index (χ0v) is 7.05. The molecule has 1 saturated heterocycles. The van der Waals surface area contributed by atoms with Crippen LogP contribution in [-0.2, 0) is 9.59 Å². The van der Waals surface area contributed by atoms with E-state index >= 15 is 0 Å². The first-order valence-electron chi connectivity index (χ1n) is 4.28. The molecule has 1 aliphatic rings. The first-order valence-corrected chi connectivity index (χ1v) is 3.78. The minimum Gasteiger partial charge on any atom is -0.282 e. The molecule has 0 radical (unpaired) electrons. The normalized spacial score (nSPS) is 39.7. The zero-order valence-electron chi connectivity index (χ0n) is 8.05. The van der Waals surface area contributed by atoms with E-state index in [4.69, 9.17) is 1.37 Å². The van der Waals surface area contributed by atoms with Crippen LogP contribution in [0.25, 0.3) is 0 Å². The molecule has 0 saturated carbocycles. The lowest BCUT2D eigenvalue weighted by Gasteiger charge is -2.09. The second-order valence-corrected chi connectivity index (χ2v) is 2.79. The Morgan fingerprint density at radius 1 is 1.45 bits per heavy atom. The lowest BCUT2D eigenvalue weighted by Crippen LogP contribution is -2.30. The summed E-state index contributed by atoms with van der Waals surface area (Å²) in [6, 6.07) is 0. The van der Waals surface area contributed by atoms with Gasteiger partial charge in [-0.15, -0.1) is 0 Å². The van der Waals surface area contributed by atoms with Gasteiger partial charge in [0.1, 0.15) is 0 Å². The Morgan fingerprint density at radius 3 is 2.18 bits per heavy atom. The smallest absolute Gasteiger partial charge is 0.232 e. The van der Waals surface area contributed by atoms with E-state index in [1.807, 2.05) is 0 Å². The molecule has 0 aromatic rings. The number of carbonyl (C=O) groups excluding carboxylic acids is 2. The van der Waals surface area contributed by atoms with Gasteiger partial charge in [-0.05, 0) is 6.92 Å². The minimum atomic E-state index is -1.26. The molecule has 0 aliphatic carbocycles. The molecule has 0 spiro atoms. The molecule has 1 aliphatic heterocycles. The SMILES string of the molecule is [2H][C@@]1(C)C(=O)N(CC)C(=O)[C@@H]1C. The van der Waals surface area contributed by atoms with E-state index in [-0.39, 0.29) is 11.8 Å². The molecule has 1 heterocycles. The van der Waals surface area contributed by atoms with Gasteiger partial charge in [0, 0.05) is 19.7 Å². The average molecular weight is 156 g/mol. The van der Waals surface area contributed by atoms with Crippen molar-refractivity contribution < 1.29 is 11.0 Å². The van der Waals surface area contributed by atoms with Gasteiger partial charge in [-0.1, -0.05) is 13.8 Å². The lowest BCUT2D eigenvalue weighted by atomic mass is 10.00. The summed E-state index contributed by atoms with van der Waals surface area (Å²) in [6.07, 6.45) is 0. The van der Waals surface area contributed by atoms with Crippen LogP contribution < -0.4 is 0 Å². The Labute approximate surface area is 67.8 Å². The molecule has 3 nitrogen and oxygen atoms in total. The highest BCUT2D eigenvalue weighted by atomic mass is 16.2. The van der Waals surface area contributed by atoms with Crippen molar-refractivity contribution in [2.45, 2.75) is 20.8 Å². The average Bonchev–Trinajstić information content (AvgIpc) is 2.15. The van der Waals surface area contributed by atoms with Crippen molar-refractivity contribution in [1.29, 1.82) is 0 Å². The van der Waals surface area contributed by atoms with Crippen LogP contribution in [0, 0.1) is 11.8 Å². The fourth-order valence-electron chi connectivity index (χ4n) is 1.22. The maximum atomic E-state index is 11.4. The third-order valence-corrected chi connectivity index (χ3v) is 2.18. The number of hydrogen-bond acceptors (Lipinski definition) is 2. The maximum absolute atomic E-state index is 11.4. The molecule has 0 aromatic heterocycles. The first kappa shape index (κ1) is 6.83. The highest BCUT2D eigenvalue weighted by Gasteiger charge is 2.40. The molecule has 2 atom stereocenters. The lowest BCUT2D eigenvalue weighted by molar-refractivity contribution is -0.139. The molecule has 0 unspecified atom stereocenters. The van der Waals surface area contributed by atoms with Crippen LogP contribution in [0.3, 0.4) is 0 Å². The molecule has 0 aromatic carbocycles. The summed E-state index contributed by atoms with van der Waals surface area (Å²) >= 11 is 0. The molecule has 1 fully saturated rings. The van der Waals surface area contributed by atoms with E-state index in [1.54, 1.807) is 13.8 Å². The van der Waals surface area contributed by atoms with Gasteiger partial charge in [0.2, 0.25) is 11.8 Å². The van der Waals surface area contributed by atoms with Crippen LogP contribution in [0.1, 0.15) is 22.1 Å². The number of hydrogen-bond donors (Lipinski definition) is 0. The van der Waals surface area contributed by atoms with Crippen molar-refractivity contribution in [1.82, 2.24) is 4.90 Å².